The van der Waals surface area contributed by atoms with Crippen LogP contribution in [0.15, 0.2) is 0 Å². The molecule has 1 N–H and O–H groups in total. The van der Waals surface area contributed by atoms with Crippen LogP contribution in [0, 0.1) is 5.92 Å². The van der Waals surface area contributed by atoms with Crippen molar-refractivity contribution in [1.29, 1.82) is 0 Å². The third kappa shape index (κ3) is 2.25. The Balaban J connectivity index is 2.25. The summed E-state index contributed by atoms with van der Waals surface area (Å²) < 4.78 is 0. The minimum absolute atomic E-state index is 0.0196. The van der Waals surface area contributed by atoms with Crippen molar-refractivity contribution in [2.24, 2.45) is 5.92 Å². The number of carbonyl (C=O) groups is 2. The fourth-order valence-corrected chi connectivity index (χ4v) is 3.04. The maximum atomic E-state index is 12.8. The summed E-state index contributed by atoms with van der Waals surface area (Å²) >= 11 is 0. The van der Waals surface area contributed by atoms with Gasteiger partial charge >= 0.3 is 0 Å². The molecule has 1 aliphatic carbocycles. The second-order valence-electron chi connectivity index (χ2n) is 5.74. The van der Waals surface area contributed by atoms with Crippen LogP contribution in [0.1, 0.15) is 52.9 Å². The molecule has 2 aliphatic rings. The van der Waals surface area contributed by atoms with E-state index >= 15 is 0 Å². The van der Waals surface area contributed by atoms with Crippen molar-refractivity contribution < 1.29 is 9.59 Å². The van der Waals surface area contributed by atoms with E-state index < -0.39 is 5.54 Å². The number of nitrogens with one attached hydrogen (secondary N) is 1. The van der Waals surface area contributed by atoms with Crippen LogP contribution in [0.5, 0.6) is 0 Å². The molecule has 0 bridgehead atoms. The van der Waals surface area contributed by atoms with Gasteiger partial charge in [-0.15, -0.1) is 0 Å². The molecule has 0 aromatic carbocycles. The van der Waals surface area contributed by atoms with E-state index in [0.717, 1.165) is 25.7 Å². The van der Waals surface area contributed by atoms with Crippen LogP contribution in [0.25, 0.3) is 0 Å². The summed E-state index contributed by atoms with van der Waals surface area (Å²) in [5, 5.41) is 2.97. The minimum Gasteiger partial charge on any atom is -0.342 e. The lowest BCUT2D eigenvalue weighted by molar-refractivity contribution is -0.141. The molecule has 1 aliphatic heterocycles. The van der Waals surface area contributed by atoms with Gasteiger partial charge in [-0.2, -0.15) is 0 Å². The molecule has 0 radical (unpaired) electrons. The first-order chi connectivity index (χ1) is 8.52. The van der Waals surface area contributed by atoms with E-state index in [4.69, 9.17) is 0 Å². The van der Waals surface area contributed by atoms with Crippen molar-refractivity contribution in [3.63, 3.8) is 0 Å². The van der Waals surface area contributed by atoms with Crippen molar-refractivity contribution in [3.8, 4) is 0 Å². The maximum absolute atomic E-state index is 12.8. The van der Waals surface area contributed by atoms with Crippen LogP contribution in [-0.4, -0.2) is 34.8 Å². The normalized spacial score (nSPS) is 29.4. The van der Waals surface area contributed by atoms with E-state index in [-0.39, 0.29) is 17.9 Å². The number of rotatable bonds is 4. The fraction of sp³-hybridized carbons (Fsp3) is 0.857. The SMILES string of the molecule is CCC(CC)N1CCC(=O)NC(C)(C2CC2)C1=O. The zero-order chi connectivity index (χ0) is 13.3. The first-order valence-corrected chi connectivity index (χ1v) is 7.15. The van der Waals surface area contributed by atoms with Gasteiger partial charge in [-0.1, -0.05) is 13.8 Å². The van der Waals surface area contributed by atoms with Crippen molar-refractivity contribution in [2.75, 3.05) is 6.54 Å². The van der Waals surface area contributed by atoms with Crippen LogP contribution in [0.4, 0.5) is 0 Å². The molecular formula is C14H24N2O2. The van der Waals surface area contributed by atoms with Crippen LogP contribution >= 0.6 is 0 Å². The standard InChI is InChI=1S/C14H24N2O2/c1-4-11(5-2)16-9-8-12(17)15-14(3,13(16)18)10-6-7-10/h10-11H,4-9H2,1-3H3,(H,15,17). The number of hydrogen-bond donors (Lipinski definition) is 1. The lowest BCUT2D eigenvalue weighted by Gasteiger charge is -2.36. The van der Waals surface area contributed by atoms with Gasteiger partial charge in [-0.3, -0.25) is 9.59 Å². The van der Waals surface area contributed by atoms with Crippen molar-refractivity contribution >= 4 is 11.8 Å². The molecule has 18 heavy (non-hydrogen) atoms. The second-order valence-corrected chi connectivity index (χ2v) is 5.74. The van der Waals surface area contributed by atoms with Crippen molar-refractivity contribution in [3.05, 3.63) is 0 Å². The molecule has 1 saturated carbocycles. The average molecular weight is 252 g/mol. The Morgan fingerprint density at radius 2 is 1.94 bits per heavy atom. The minimum atomic E-state index is -0.657. The molecule has 0 aromatic rings. The Kier molecular flexibility index (Phi) is 3.64. The zero-order valence-corrected chi connectivity index (χ0v) is 11.7. The highest BCUT2D eigenvalue weighted by atomic mass is 16.2. The van der Waals surface area contributed by atoms with Gasteiger partial charge in [0.25, 0.3) is 0 Å². The van der Waals surface area contributed by atoms with E-state index in [0.29, 0.717) is 18.9 Å². The van der Waals surface area contributed by atoms with Gasteiger partial charge in [0.15, 0.2) is 0 Å². The van der Waals surface area contributed by atoms with Gasteiger partial charge in [-0.05, 0) is 38.5 Å². The lowest BCUT2D eigenvalue weighted by atomic mass is 9.93. The molecule has 1 unspecified atom stereocenters. The molecule has 2 fully saturated rings. The molecule has 4 nitrogen and oxygen atoms in total. The number of nitrogens with zero attached hydrogens (tertiary/aromatic N) is 1. The second kappa shape index (κ2) is 4.90. The number of amides is 2. The van der Waals surface area contributed by atoms with Crippen LogP contribution in [0.3, 0.4) is 0 Å². The van der Waals surface area contributed by atoms with E-state index in [1.165, 1.54) is 0 Å². The summed E-state index contributed by atoms with van der Waals surface area (Å²) in [5.41, 5.74) is -0.657. The summed E-state index contributed by atoms with van der Waals surface area (Å²) in [6.07, 6.45) is 4.46. The Morgan fingerprint density at radius 3 is 2.44 bits per heavy atom. The molecule has 2 rings (SSSR count). The van der Waals surface area contributed by atoms with E-state index in [2.05, 4.69) is 19.2 Å². The summed E-state index contributed by atoms with van der Waals surface area (Å²) in [6.45, 7) is 6.69. The predicted molar refractivity (Wildman–Crippen MR) is 70.0 cm³/mol. The average Bonchev–Trinajstić information content (AvgIpc) is 3.17. The van der Waals surface area contributed by atoms with Crippen LogP contribution < -0.4 is 5.32 Å². The molecule has 1 heterocycles. The Labute approximate surface area is 109 Å². The monoisotopic (exact) mass is 252 g/mol. The molecule has 4 heteroatoms. The Hall–Kier alpha value is -1.06. The van der Waals surface area contributed by atoms with Gasteiger partial charge in [0, 0.05) is 19.0 Å². The largest absolute Gasteiger partial charge is 0.342 e. The predicted octanol–water partition coefficient (Wildman–Crippen LogP) is 1.69. The molecule has 2 amide bonds. The summed E-state index contributed by atoms with van der Waals surface area (Å²) in [7, 11) is 0. The Morgan fingerprint density at radius 1 is 1.33 bits per heavy atom. The molecule has 1 atom stereocenters. The lowest BCUT2D eigenvalue weighted by Crippen LogP contribution is -2.58. The third-order valence-corrected chi connectivity index (χ3v) is 4.46. The quantitative estimate of drug-likeness (QED) is 0.827. The highest BCUT2D eigenvalue weighted by Crippen LogP contribution is 2.41. The van der Waals surface area contributed by atoms with Gasteiger partial charge in [0.05, 0.1) is 0 Å². The van der Waals surface area contributed by atoms with Gasteiger partial charge in [0.1, 0.15) is 5.54 Å². The highest BCUT2D eigenvalue weighted by molar-refractivity contribution is 5.94. The summed E-state index contributed by atoms with van der Waals surface area (Å²) in [5.74, 6) is 0.486. The summed E-state index contributed by atoms with van der Waals surface area (Å²) in [4.78, 5) is 26.5. The van der Waals surface area contributed by atoms with Crippen LogP contribution in [-0.2, 0) is 9.59 Å². The van der Waals surface area contributed by atoms with Gasteiger partial charge < -0.3 is 10.2 Å². The van der Waals surface area contributed by atoms with Gasteiger partial charge in [0.2, 0.25) is 11.8 Å². The van der Waals surface area contributed by atoms with Crippen molar-refractivity contribution in [1.82, 2.24) is 10.2 Å². The van der Waals surface area contributed by atoms with Crippen LogP contribution in [0.2, 0.25) is 0 Å². The fourth-order valence-electron chi connectivity index (χ4n) is 3.04. The van der Waals surface area contributed by atoms with E-state index in [1.807, 2.05) is 11.8 Å². The smallest absolute Gasteiger partial charge is 0.248 e. The number of carbonyl (C=O) groups excluding carboxylic acids is 2. The first kappa shape index (κ1) is 13.4. The Bertz CT molecular complexity index is 348. The first-order valence-electron chi connectivity index (χ1n) is 7.15. The zero-order valence-electron chi connectivity index (χ0n) is 11.7. The topological polar surface area (TPSA) is 49.4 Å². The molecule has 0 aromatic heterocycles. The molecular weight excluding hydrogens is 228 g/mol. The van der Waals surface area contributed by atoms with E-state index in [9.17, 15) is 9.59 Å². The third-order valence-electron chi connectivity index (χ3n) is 4.46. The van der Waals surface area contributed by atoms with Gasteiger partial charge in [-0.25, -0.2) is 0 Å². The maximum Gasteiger partial charge on any atom is 0.248 e. The highest BCUT2D eigenvalue weighted by Gasteiger charge is 2.51. The summed E-state index contributed by atoms with van der Waals surface area (Å²) in [6, 6.07) is 0.267. The molecule has 0 spiro atoms. The number of hydrogen-bond acceptors (Lipinski definition) is 2. The molecule has 102 valence electrons. The van der Waals surface area contributed by atoms with E-state index in [1.54, 1.807) is 0 Å². The molecule has 1 saturated heterocycles. The van der Waals surface area contributed by atoms with Crippen molar-refractivity contribution in [2.45, 2.75) is 64.5 Å².